The summed E-state index contributed by atoms with van der Waals surface area (Å²) in [5.41, 5.74) is 0.900. The quantitative estimate of drug-likeness (QED) is 0.313. The van der Waals surface area contributed by atoms with Crippen LogP contribution in [0.15, 0.2) is 46.9 Å². The molecule has 4 rings (SSSR count). The Balaban J connectivity index is 1.32. The molecule has 0 radical (unpaired) electrons. The Labute approximate surface area is 182 Å². The molecule has 0 amide bonds. The first-order valence-electron chi connectivity index (χ1n) is 10.9. The molecule has 7 nitrogen and oxygen atoms in total. The van der Waals surface area contributed by atoms with Gasteiger partial charge >= 0.3 is 0 Å². The highest BCUT2D eigenvalue weighted by atomic mass is 32.1. The second-order valence-electron chi connectivity index (χ2n) is 7.57. The van der Waals surface area contributed by atoms with Gasteiger partial charge in [0.15, 0.2) is 11.6 Å². The molecule has 0 spiro atoms. The van der Waals surface area contributed by atoms with Crippen LogP contribution in [0.5, 0.6) is 0 Å². The maximum absolute atomic E-state index is 4.93. The summed E-state index contributed by atoms with van der Waals surface area (Å²) in [4.78, 5) is 8.92. The van der Waals surface area contributed by atoms with Crippen LogP contribution in [0.2, 0.25) is 0 Å². The van der Waals surface area contributed by atoms with Crippen LogP contribution in [0.4, 0.5) is 0 Å². The van der Waals surface area contributed by atoms with Gasteiger partial charge in [0.1, 0.15) is 5.82 Å². The summed E-state index contributed by atoms with van der Waals surface area (Å²) >= 11 is 1.84. The van der Waals surface area contributed by atoms with Gasteiger partial charge in [0.05, 0.1) is 12.6 Å². The number of rotatable bonds is 9. The minimum atomic E-state index is 0.380. The number of aliphatic imine (C=N–C) groups is 1. The van der Waals surface area contributed by atoms with E-state index in [0.717, 1.165) is 49.9 Å². The van der Waals surface area contributed by atoms with Gasteiger partial charge in [-0.2, -0.15) is 0 Å². The molecule has 0 aliphatic carbocycles. The molecule has 3 aromatic heterocycles. The van der Waals surface area contributed by atoms with Crippen LogP contribution in [-0.4, -0.2) is 58.2 Å². The standard InChI is InChI=1S/C22H31N7S/c1-2-23-22(24-12-7-11-21-27-26-20-10-3-4-15-29(20)21)25-17-18(19-9-8-16-30-19)28-13-5-6-14-28/h3-4,8-10,15-16,18H,2,5-7,11-14,17H2,1H3,(H2,23,24,25). The topological polar surface area (TPSA) is 69.8 Å². The summed E-state index contributed by atoms with van der Waals surface area (Å²) in [6.45, 7) is 6.94. The van der Waals surface area contributed by atoms with Crippen LogP contribution in [0, 0.1) is 0 Å². The van der Waals surface area contributed by atoms with Crippen molar-refractivity contribution >= 4 is 22.9 Å². The van der Waals surface area contributed by atoms with Crippen LogP contribution in [-0.2, 0) is 6.42 Å². The van der Waals surface area contributed by atoms with E-state index in [1.807, 2.05) is 35.7 Å². The van der Waals surface area contributed by atoms with Gasteiger partial charge in [-0.25, -0.2) is 0 Å². The van der Waals surface area contributed by atoms with Gasteiger partial charge in [-0.05, 0) is 62.9 Å². The van der Waals surface area contributed by atoms with Crippen molar-refractivity contribution in [3.8, 4) is 0 Å². The normalized spacial score (nSPS) is 16.2. The molecule has 1 saturated heterocycles. The van der Waals surface area contributed by atoms with Gasteiger partial charge in [0, 0.05) is 30.6 Å². The Morgan fingerprint density at radius 2 is 2.07 bits per heavy atom. The van der Waals surface area contributed by atoms with E-state index >= 15 is 0 Å². The number of aromatic nitrogens is 3. The highest BCUT2D eigenvalue weighted by molar-refractivity contribution is 7.10. The Bertz CT molecular complexity index is 928. The van der Waals surface area contributed by atoms with Gasteiger partial charge in [-0.3, -0.25) is 14.3 Å². The number of aryl methyl sites for hydroxylation is 1. The van der Waals surface area contributed by atoms with E-state index in [4.69, 9.17) is 4.99 Å². The SMILES string of the molecule is CCNC(=NCC(c1cccs1)N1CCCC1)NCCCc1nnc2ccccn12. The highest BCUT2D eigenvalue weighted by Gasteiger charge is 2.24. The van der Waals surface area contributed by atoms with Gasteiger partial charge < -0.3 is 10.6 Å². The molecule has 0 saturated carbocycles. The zero-order valence-corrected chi connectivity index (χ0v) is 18.4. The molecule has 2 N–H and O–H groups in total. The number of likely N-dealkylation sites (tertiary alicyclic amines) is 1. The van der Waals surface area contributed by atoms with Crippen molar-refractivity contribution in [3.63, 3.8) is 0 Å². The molecule has 1 aliphatic rings. The second-order valence-corrected chi connectivity index (χ2v) is 8.55. The fourth-order valence-electron chi connectivity index (χ4n) is 3.95. The molecular formula is C22H31N7S. The van der Waals surface area contributed by atoms with Crippen LogP contribution in [0.3, 0.4) is 0 Å². The number of fused-ring (bicyclic) bond motifs is 1. The van der Waals surface area contributed by atoms with E-state index < -0.39 is 0 Å². The lowest BCUT2D eigenvalue weighted by Gasteiger charge is -2.25. The summed E-state index contributed by atoms with van der Waals surface area (Å²) in [6, 6.07) is 10.7. The average molecular weight is 426 g/mol. The molecule has 1 aliphatic heterocycles. The third kappa shape index (κ3) is 5.17. The molecule has 1 unspecified atom stereocenters. The second kappa shape index (κ2) is 10.5. The minimum Gasteiger partial charge on any atom is -0.357 e. The zero-order chi connectivity index (χ0) is 20.6. The van der Waals surface area contributed by atoms with Crippen LogP contribution < -0.4 is 10.6 Å². The first-order chi connectivity index (χ1) is 14.8. The lowest BCUT2D eigenvalue weighted by atomic mass is 10.2. The number of guanidine groups is 1. The van der Waals surface area contributed by atoms with Crippen molar-refractivity contribution in [2.45, 2.75) is 38.6 Å². The number of nitrogens with zero attached hydrogens (tertiary/aromatic N) is 5. The Kier molecular flexibility index (Phi) is 7.31. The van der Waals surface area contributed by atoms with Crippen molar-refractivity contribution in [2.24, 2.45) is 4.99 Å². The predicted molar refractivity (Wildman–Crippen MR) is 123 cm³/mol. The van der Waals surface area contributed by atoms with Gasteiger partial charge in [-0.15, -0.1) is 21.5 Å². The number of nitrogens with one attached hydrogen (secondary N) is 2. The highest BCUT2D eigenvalue weighted by Crippen LogP contribution is 2.28. The van der Waals surface area contributed by atoms with E-state index in [1.54, 1.807) is 0 Å². The molecule has 8 heteroatoms. The van der Waals surface area contributed by atoms with Gasteiger partial charge in [0.25, 0.3) is 0 Å². The van der Waals surface area contributed by atoms with Crippen molar-refractivity contribution in [3.05, 3.63) is 52.6 Å². The monoisotopic (exact) mass is 425 g/mol. The molecule has 0 bridgehead atoms. The summed E-state index contributed by atoms with van der Waals surface area (Å²) < 4.78 is 2.06. The lowest BCUT2D eigenvalue weighted by molar-refractivity contribution is 0.255. The van der Waals surface area contributed by atoms with E-state index in [0.29, 0.717) is 6.04 Å². The summed E-state index contributed by atoms with van der Waals surface area (Å²) in [7, 11) is 0. The molecule has 1 fully saturated rings. The Morgan fingerprint density at radius 3 is 2.87 bits per heavy atom. The average Bonchev–Trinajstić information content (AvgIpc) is 3.54. The van der Waals surface area contributed by atoms with Crippen molar-refractivity contribution in [1.82, 2.24) is 30.1 Å². The van der Waals surface area contributed by atoms with Crippen LogP contribution >= 0.6 is 11.3 Å². The summed E-state index contributed by atoms with van der Waals surface area (Å²) in [6.07, 6.45) is 6.46. The zero-order valence-electron chi connectivity index (χ0n) is 17.6. The largest absolute Gasteiger partial charge is 0.357 e. The van der Waals surface area contributed by atoms with Gasteiger partial charge in [0.2, 0.25) is 0 Å². The van der Waals surface area contributed by atoms with E-state index in [2.05, 4.69) is 54.6 Å². The van der Waals surface area contributed by atoms with Crippen LogP contribution in [0.1, 0.15) is 42.9 Å². The maximum atomic E-state index is 4.93. The van der Waals surface area contributed by atoms with E-state index in [-0.39, 0.29) is 0 Å². The molecule has 1 atom stereocenters. The van der Waals surface area contributed by atoms with Crippen molar-refractivity contribution < 1.29 is 0 Å². The molecule has 4 heterocycles. The number of hydrogen-bond donors (Lipinski definition) is 2. The van der Waals surface area contributed by atoms with Crippen LogP contribution in [0.25, 0.3) is 5.65 Å². The number of thiophene rings is 1. The predicted octanol–water partition coefficient (Wildman–Crippen LogP) is 3.12. The Hall–Kier alpha value is -2.45. The minimum absolute atomic E-state index is 0.380. The first-order valence-corrected chi connectivity index (χ1v) is 11.8. The molecule has 160 valence electrons. The van der Waals surface area contributed by atoms with E-state index in [9.17, 15) is 0 Å². The fraction of sp³-hybridized carbons (Fsp3) is 0.500. The first kappa shape index (κ1) is 20.8. The van der Waals surface area contributed by atoms with Crippen molar-refractivity contribution in [1.29, 1.82) is 0 Å². The summed E-state index contributed by atoms with van der Waals surface area (Å²) in [5.74, 6) is 1.89. The fourth-order valence-corrected chi connectivity index (χ4v) is 4.81. The molecule has 30 heavy (non-hydrogen) atoms. The molecular weight excluding hydrogens is 394 g/mol. The molecule has 3 aromatic rings. The maximum Gasteiger partial charge on any atom is 0.191 e. The third-order valence-corrected chi connectivity index (χ3v) is 6.45. The number of pyridine rings is 1. The van der Waals surface area contributed by atoms with Gasteiger partial charge in [-0.1, -0.05) is 12.1 Å². The number of hydrogen-bond acceptors (Lipinski definition) is 5. The third-order valence-electron chi connectivity index (χ3n) is 5.47. The molecule has 0 aromatic carbocycles. The lowest BCUT2D eigenvalue weighted by Crippen LogP contribution is -2.39. The summed E-state index contributed by atoms with van der Waals surface area (Å²) in [5, 5.41) is 17.6. The Morgan fingerprint density at radius 1 is 1.17 bits per heavy atom. The smallest absolute Gasteiger partial charge is 0.191 e. The van der Waals surface area contributed by atoms with Crippen molar-refractivity contribution in [2.75, 3.05) is 32.7 Å². The van der Waals surface area contributed by atoms with E-state index in [1.165, 1.54) is 30.8 Å².